The molecule has 4 nitrogen and oxygen atoms in total. The minimum atomic E-state index is -1.07. The van der Waals surface area contributed by atoms with E-state index >= 15 is 0 Å². The summed E-state index contributed by atoms with van der Waals surface area (Å²) in [5.74, 6) is 1.32. The first-order valence-corrected chi connectivity index (χ1v) is 7.55. The highest BCUT2D eigenvalue weighted by Gasteiger charge is 2.72. The standard InChI is InChI=1S/C16H20N2O2/c17-15-9-11-6-12(10-15)8-14(7-11)16(15,18(19)20)13-4-2-1-3-5-13/h1-5,11-12,14H,6-10,17H2. The van der Waals surface area contributed by atoms with Gasteiger partial charge in [-0.2, -0.15) is 0 Å². The summed E-state index contributed by atoms with van der Waals surface area (Å²) in [5.41, 5.74) is 5.78. The van der Waals surface area contributed by atoms with Crippen LogP contribution in [0.1, 0.15) is 37.7 Å². The molecule has 5 rings (SSSR count). The van der Waals surface area contributed by atoms with Crippen LogP contribution in [0.25, 0.3) is 0 Å². The number of hydrogen-bond acceptors (Lipinski definition) is 3. The average molecular weight is 272 g/mol. The number of benzene rings is 1. The van der Waals surface area contributed by atoms with E-state index in [0.29, 0.717) is 11.8 Å². The summed E-state index contributed by atoms with van der Waals surface area (Å²) in [6.45, 7) is 0. The number of hydrogen-bond donors (Lipinski definition) is 1. The molecule has 0 saturated heterocycles. The van der Waals surface area contributed by atoms with Crippen molar-refractivity contribution in [2.45, 2.75) is 43.2 Å². The first kappa shape index (κ1) is 12.3. The fraction of sp³-hybridized carbons (Fsp3) is 0.625. The van der Waals surface area contributed by atoms with Gasteiger partial charge in [-0.1, -0.05) is 30.3 Å². The Morgan fingerprint density at radius 2 is 1.70 bits per heavy atom. The van der Waals surface area contributed by atoms with E-state index in [1.54, 1.807) is 0 Å². The fourth-order valence-electron chi connectivity index (χ4n) is 5.72. The zero-order valence-electron chi connectivity index (χ0n) is 11.5. The molecule has 1 aromatic rings. The molecule has 0 aromatic heterocycles. The lowest BCUT2D eigenvalue weighted by Crippen LogP contribution is -2.73. The highest BCUT2D eigenvalue weighted by atomic mass is 16.6. The topological polar surface area (TPSA) is 69.2 Å². The van der Waals surface area contributed by atoms with Crippen LogP contribution < -0.4 is 5.73 Å². The molecule has 20 heavy (non-hydrogen) atoms. The van der Waals surface area contributed by atoms with Gasteiger partial charge in [0.2, 0.25) is 0 Å². The molecule has 2 N–H and O–H groups in total. The van der Waals surface area contributed by atoms with Crippen molar-refractivity contribution in [3.63, 3.8) is 0 Å². The molecule has 3 unspecified atom stereocenters. The minimum absolute atomic E-state index is 0.0508. The third-order valence-corrected chi connectivity index (χ3v) is 6.06. The van der Waals surface area contributed by atoms with Crippen molar-refractivity contribution in [1.29, 1.82) is 0 Å². The van der Waals surface area contributed by atoms with Gasteiger partial charge in [0, 0.05) is 16.4 Å². The Morgan fingerprint density at radius 3 is 2.20 bits per heavy atom. The van der Waals surface area contributed by atoms with Crippen molar-refractivity contribution in [2.24, 2.45) is 23.5 Å². The second-order valence-corrected chi connectivity index (χ2v) is 7.09. The van der Waals surface area contributed by atoms with E-state index < -0.39 is 11.1 Å². The smallest absolute Gasteiger partial charge is 0.267 e. The van der Waals surface area contributed by atoms with Crippen LogP contribution in [0.2, 0.25) is 0 Å². The lowest BCUT2D eigenvalue weighted by molar-refractivity contribution is -0.616. The molecular formula is C16H20N2O2. The van der Waals surface area contributed by atoms with E-state index in [9.17, 15) is 10.1 Å². The second-order valence-electron chi connectivity index (χ2n) is 7.09. The van der Waals surface area contributed by atoms with Crippen LogP contribution in [0.4, 0.5) is 0 Å². The van der Waals surface area contributed by atoms with Gasteiger partial charge in [0.15, 0.2) is 0 Å². The lowest BCUT2D eigenvalue weighted by atomic mass is 9.44. The van der Waals surface area contributed by atoms with Crippen molar-refractivity contribution in [1.82, 2.24) is 0 Å². The highest BCUT2D eigenvalue weighted by Crippen LogP contribution is 2.63. The summed E-state index contributed by atoms with van der Waals surface area (Å²) in [5, 5.41) is 12.1. The molecule has 4 aliphatic carbocycles. The van der Waals surface area contributed by atoms with Crippen molar-refractivity contribution in [3.05, 3.63) is 46.0 Å². The Balaban J connectivity index is 1.93. The molecule has 106 valence electrons. The summed E-state index contributed by atoms with van der Waals surface area (Å²) in [6, 6.07) is 9.51. The molecule has 4 aliphatic rings. The normalized spacial score (nSPS) is 45.5. The molecule has 1 aromatic carbocycles. The number of nitrogens with zero attached hydrogens (tertiary/aromatic N) is 1. The van der Waals surface area contributed by atoms with Crippen molar-refractivity contribution in [2.75, 3.05) is 0 Å². The Morgan fingerprint density at radius 1 is 1.10 bits per heavy atom. The maximum atomic E-state index is 12.1. The van der Waals surface area contributed by atoms with Crippen molar-refractivity contribution < 1.29 is 4.92 Å². The van der Waals surface area contributed by atoms with Gasteiger partial charge in [-0.25, -0.2) is 0 Å². The molecule has 3 atom stereocenters. The molecule has 0 amide bonds. The average Bonchev–Trinajstić information content (AvgIpc) is 2.37. The van der Waals surface area contributed by atoms with Gasteiger partial charge in [0.1, 0.15) is 0 Å². The lowest BCUT2D eigenvalue weighted by Gasteiger charge is -2.61. The van der Waals surface area contributed by atoms with E-state index in [1.165, 1.54) is 6.42 Å². The van der Waals surface area contributed by atoms with Crippen LogP contribution in [0.5, 0.6) is 0 Å². The maximum Gasteiger partial charge on any atom is 0.267 e. The molecule has 4 fully saturated rings. The summed E-state index contributed by atoms with van der Waals surface area (Å²) < 4.78 is 0. The van der Waals surface area contributed by atoms with Crippen LogP contribution in [-0.2, 0) is 5.54 Å². The predicted molar refractivity (Wildman–Crippen MR) is 75.6 cm³/mol. The molecule has 4 saturated carbocycles. The Bertz CT molecular complexity index is 545. The largest absolute Gasteiger partial charge is 0.319 e. The highest BCUT2D eigenvalue weighted by molar-refractivity contribution is 5.33. The first-order valence-electron chi connectivity index (χ1n) is 7.55. The van der Waals surface area contributed by atoms with E-state index in [-0.39, 0.29) is 10.8 Å². The quantitative estimate of drug-likeness (QED) is 0.664. The van der Waals surface area contributed by atoms with E-state index in [1.807, 2.05) is 30.3 Å². The van der Waals surface area contributed by atoms with Gasteiger partial charge >= 0.3 is 0 Å². The number of rotatable bonds is 2. The summed E-state index contributed by atoms with van der Waals surface area (Å²) in [7, 11) is 0. The SMILES string of the molecule is NC12CC3CC(CC(C3)C1(c1ccccc1)[N+](=O)[O-])C2. The van der Waals surface area contributed by atoms with Crippen LogP contribution >= 0.6 is 0 Å². The summed E-state index contributed by atoms with van der Waals surface area (Å²) >= 11 is 0. The zero-order valence-corrected chi connectivity index (χ0v) is 11.5. The van der Waals surface area contributed by atoms with Crippen LogP contribution in [-0.4, -0.2) is 10.5 Å². The molecule has 0 radical (unpaired) electrons. The van der Waals surface area contributed by atoms with E-state index in [0.717, 1.165) is 31.2 Å². The first-order chi connectivity index (χ1) is 9.56. The molecular weight excluding hydrogens is 252 g/mol. The zero-order chi connectivity index (χ0) is 14.0. The molecule has 0 heterocycles. The van der Waals surface area contributed by atoms with Gasteiger partial charge in [0.25, 0.3) is 5.54 Å². The molecule has 4 heteroatoms. The molecule has 4 bridgehead atoms. The monoisotopic (exact) mass is 272 g/mol. The molecule has 0 aliphatic heterocycles. The Hall–Kier alpha value is -1.42. The van der Waals surface area contributed by atoms with Crippen LogP contribution in [0.3, 0.4) is 0 Å². The Kier molecular flexibility index (Phi) is 2.35. The van der Waals surface area contributed by atoms with Gasteiger partial charge in [-0.3, -0.25) is 10.1 Å². The third-order valence-electron chi connectivity index (χ3n) is 6.06. The predicted octanol–water partition coefficient (Wildman–Crippen LogP) is 2.70. The van der Waals surface area contributed by atoms with Crippen LogP contribution in [0.15, 0.2) is 30.3 Å². The number of nitro groups is 1. The summed E-state index contributed by atoms with van der Waals surface area (Å²) in [4.78, 5) is 12.1. The van der Waals surface area contributed by atoms with Crippen molar-refractivity contribution >= 4 is 0 Å². The van der Waals surface area contributed by atoms with Crippen LogP contribution in [0, 0.1) is 27.9 Å². The van der Waals surface area contributed by atoms with Crippen molar-refractivity contribution in [3.8, 4) is 0 Å². The maximum absolute atomic E-state index is 12.1. The van der Waals surface area contributed by atoms with Gasteiger partial charge in [0.05, 0.1) is 5.54 Å². The molecule has 0 spiro atoms. The third kappa shape index (κ3) is 1.30. The number of nitrogens with two attached hydrogens (primary N) is 1. The van der Waals surface area contributed by atoms with E-state index in [2.05, 4.69) is 0 Å². The summed E-state index contributed by atoms with van der Waals surface area (Å²) in [6.07, 6.45) is 4.82. The van der Waals surface area contributed by atoms with E-state index in [4.69, 9.17) is 5.73 Å². The minimum Gasteiger partial charge on any atom is -0.319 e. The second kappa shape index (κ2) is 3.82. The van der Waals surface area contributed by atoms with Gasteiger partial charge < -0.3 is 5.73 Å². The Labute approximate surface area is 118 Å². The van der Waals surface area contributed by atoms with Gasteiger partial charge in [-0.05, 0) is 43.9 Å². The van der Waals surface area contributed by atoms with Gasteiger partial charge in [-0.15, -0.1) is 0 Å². The fourth-order valence-corrected chi connectivity index (χ4v) is 5.72.